The minimum Gasteiger partial charge on any atom is -0.493 e. The standard InChI is InChI=1S/C30H25NO6/c1-35-22-14-16(15-23(36-2)27(22)37-3)21(32)12-13-30-19-10-6-4-8-17(19)24(18-9-5-7-11-20(18)30)25-26(30)29(34)31-28(25)33/h4-15,24-26H,1-3H3,(H,31,33,34)/b13-12+. The van der Waals surface area contributed by atoms with E-state index in [2.05, 4.69) is 5.32 Å². The maximum Gasteiger partial charge on any atom is 0.232 e. The first kappa shape index (κ1) is 23.0. The van der Waals surface area contributed by atoms with Crippen molar-refractivity contribution in [1.29, 1.82) is 0 Å². The van der Waals surface area contributed by atoms with Crippen LogP contribution >= 0.6 is 0 Å². The van der Waals surface area contributed by atoms with E-state index in [1.807, 2.05) is 48.5 Å². The number of hydrogen-bond acceptors (Lipinski definition) is 6. The molecule has 2 atom stereocenters. The van der Waals surface area contributed by atoms with E-state index in [0.717, 1.165) is 22.3 Å². The van der Waals surface area contributed by atoms with Gasteiger partial charge in [-0.2, -0.15) is 0 Å². The van der Waals surface area contributed by atoms with E-state index in [1.165, 1.54) is 27.4 Å². The maximum absolute atomic E-state index is 13.5. The molecular formula is C30H25NO6. The van der Waals surface area contributed by atoms with Gasteiger partial charge in [0.15, 0.2) is 17.3 Å². The second-order valence-electron chi connectivity index (χ2n) is 9.49. The van der Waals surface area contributed by atoms with Gasteiger partial charge in [-0.05, 0) is 40.5 Å². The zero-order valence-electron chi connectivity index (χ0n) is 20.6. The summed E-state index contributed by atoms with van der Waals surface area (Å²) in [5, 5.41) is 2.57. The molecule has 1 fully saturated rings. The molecule has 2 unspecified atom stereocenters. The second-order valence-corrected chi connectivity index (χ2v) is 9.49. The molecule has 2 bridgehead atoms. The summed E-state index contributed by atoms with van der Waals surface area (Å²) in [5.41, 5.74) is 3.28. The normalized spacial score (nSPS) is 24.8. The predicted molar refractivity (Wildman–Crippen MR) is 135 cm³/mol. The number of imide groups is 1. The molecule has 186 valence electrons. The third-order valence-electron chi connectivity index (χ3n) is 7.97. The number of carbonyl (C=O) groups excluding carboxylic acids is 3. The molecule has 3 aromatic rings. The number of benzene rings is 3. The topological polar surface area (TPSA) is 90.9 Å². The molecule has 0 spiro atoms. The zero-order valence-corrected chi connectivity index (χ0v) is 20.6. The van der Waals surface area contributed by atoms with Crippen LogP contribution in [0.3, 0.4) is 0 Å². The van der Waals surface area contributed by atoms with Crippen LogP contribution in [0.25, 0.3) is 0 Å². The molecular weight excluding hydrogens is 470 g/mol. The Bertz CT molecular complexity index is 1430. The number of rotatable bonds is 6. The minimum atomic E-state index is -0.973. The number of hydrogen-bond donors (Lipinski definition) is 1. The number of ketones is 1. The third kappa shape index (κ3) is 3.03. The fraction of sp³-hybridized carbons (Fsp3) is 0.233. The van der Waals surface area contributed by atoms with Crippen LogP contribution in [0.15, 0.2) is 72.8 Å². The van der Waals surface area contributed by atoms with Crippen LogP contribution in [0, 0.1) is 11.8 Å². The van der Waals surface area contributed by atoms with Crippen molar-refractivity contribution in [2.45, 2.75) is 11.3 Å². The molecule has 1 aliphatic heterocycles. The summed E-state index contributed by atoms with van der Waals surface area (Å²) in [6, 6.07) is 19.0. The Balaban J connectivity index is 1.55. The number of allylic oxidation sites excluding steroid dienone is 2. The zero-order chi connectivity index (χ0) is 25.9. The number of amides is 2. The Morgan fingerprint density at radius 2 is 1.41 bits per heavy atom. The lowest BCUT2D eigenvalue weighted by molar-refractivity contribution is -0.126. The highest BCUT2D eigenvalue weighted by atomic mass is 16.5. The van der Waals surface area contributed by atoms with Crippen molar-refractivity contribution in [1.82, 2.24) is 5.32 Å². The lowest BCUT2D eigenvalue weighted by atomic mass is 9.47. The van der Waals surface area contributed by atoms with Gasteiger partial charge in [0.2, 0.25) is 17.6 Å². The summed E-state index contributed by atoms with van der Waals surface area (Å²) in [4.78, 5) is 39.9. The van der Waals surface area contributed by atoms with Gasteiger partial charge in [-0.25, -0.2) is 0 Å². The molecule has 4 aliphatic rings. The van der Waals surface area contributed by atoms with Gasteiger partial charge >= 0.3 is 0 Å². The number of ether oxygens (including phenoxy) is 3. The average Bonchev–Trinajstić information content (AvgIpc) is 3.25. The van der Waals surface area contributed by atoms with E-state index in [1.54, 1.807) is 18.2 Å². The summed E-state index contributed by atoms with van der Waals surface area (Å²) in [7, 11) is 4.48. The monoisotopic (exact) mass is 495 g/mol. The summed E-state index contributed by atoms with van der Waals surface area (Å²) in [6.07, 6.45) is 3.30. The Morgan fingerprint density at radius 1 is 0.838 bits per heavy atom. The first-order valence-electron chi connectivity index (χ1n) is 12.0. The van der Waals surface area contributed by atoms with Crippen molar-refractivity contribution in [3.8, 4) is 17.2 Å². The predicted octanol–water partition coefficient (Wildman–Crippen LogP) is 3.79. The number of methoxy groups -OCH3 is 3. The molecule has 7 heteroatoms. The maximum atomic E-state index is 13.5. The molecule has 0 radical (unpaired) electrons. The van der Waals surface area contributed by atoms with E-state index >= 15 is 0 Å². The van der Waals surface area contributed by atoms with Gasteiger partial charge < -0.3 is 14.2 Å². The highest BCUT2D eigenvalue weighted by Gasteiger charge is 2.65. The van der Waals surface area contributed by atoms with Crippen LogP contribution in [0.2, 0.25) is 0 Å². The van der Waals surface area contributed by atoms with Crippen molar-refractivity contribution in [2.24, 2.45) is 11.8 Å². The molecule has 1 saturated heterocycles. The first-order valence-corrected chi connectivity index (χ1v) is 12.0. The molecule has 2 amide bonds. The van der Waals surface area contributed by atoms with E-state index in [4.69, 9.17) is 14.2 Å². The molecule has 1 N–H and O–H groups in total. The lowest BCUT2D eigenvalue weighted by Crippen LogP contribution is -2.52. The van der Waals surface area contributed by atoms with Crippen molar-refractivity contribution in [3.63, 3.8) is 0 Å². The van der Waals surface area contributed by atoms with Gasteiger partial charge in [-0.3, -0.25) is 19.7 Å². The van der Waals surface area contributed by atoms with E-state index in [0.29, 0.717) is 22.8 Å². The van der Waals surface area contributed by atoms with Crippen LogP contribution in [-0.4, -0.2) is 38.9 Å². The smallest absolute Gasteiger partial charge is 0.232 e. The Labute approximate surface area is 214 Å². The van der Waals surface area contributed by atoms with Gasteiger partial charge in [0.25, 0.3) is 0 Å². The highest BCUT2D eigenvalue weighted by molar-refractivity contribution is 6.09. The molecule has 1 heterocycles. The van der Waals surface area contributed by atoms with Crippen molar-refractivity contribution >= 4 is 17.6 Å². The van der Waals surface area contributed by atoms with E-state index < -0.39 is 17.3 Å². The SMILES string of the molecule is COc1cc(C(=O)/C=C/C23c4ccccc4C(c4ccccc42)C2C(=O)NC(=O)C23)cc(OC)c1OC. The lowest BCUT2D eigenvalue weighted by Gasteiger charge is -2.53. The summed E-state index contributed by atoms with van der Waals surface area (Å²) >= 11 is 0. The first-order chi connectivity index (χ1) is 18.0. The molecule has 0 aromatic heterocycles. The fourth-order valence-corrected chi connectivity index (χ4v) is 6.57. The molecule has 3 aromatic carbocycles. The van der Waals surface area contributed by atoms with Crippen molar-refractivity contribution in [3.05, 3.63) is 101 Å². The molecule has 3 aliphatic carbocycles. The summed E-state index contributed by atoms with van der Waals surface area (Å²) < 4.78 is 16.2. The molecule has 0 saturated carbocycles. The van der Waals surface area contributed by atoms with Crippen molar-refractivity contribution in [2.75, 3.05) is 21.3 Å². The van der Waals surface area contributed by atoms with Crippen LogP contribution < -0.4 is 19.5 Å². The largest absolute Gasteiger partial charge is 0.493 e. The Kier molecular flexibility index (Phi) is 5.19. The van der Waals surface area contributed by atoms with Gasteiger partial charge in [0.1, 0.15) is 0 Å². The van der Waals surface area contributed by atoms with Crippen LogP contribution in [0.4, 0.5) is 0 Å². The Morgan fingerprint density at radius 3 is 1.95 bits per heavy atom. The van der Waals surface area contributed by atoms with E-state index in [-0.39, 0.29) is 23.5 Å². The molecule has 37 heavy (non-hydrogen) atoms. The van der Waals surface area contributed by atoms with Gasteiger partial charge in [-0.15, -0.1) is 0 Å². The number of carbonyl (C=O) groups is 3. The van der Waals surface area contributed by atoms with Gasteiger partial charge in [0.05, 0.1) is 38.6 Å². The van der Waals surface area contributed by atoms with Gasteiger partial charge in [-0.1, -0.05) is 54.6 Å². The number of nitrogens with one attached hydrogen (secondary N) is 1. The van der Waals surface area contributed by atoms with Gasteiger partial charge in [0, 0.05) is 11.5 Å². The van der Waals surface area contributed by atoms with Crippen LogP contribution in [0.5, 0.6) is 17.2 Å². The highest BCUT2D eigenvalue weighted by Crippen LogP contribution is 2.63. The minimum absolute atomic E-state index is 0.218. The molecule has 7 rings (SSSR count). The Hall–Kier alpha value is -4.39. The van der Waals surface area contributed by atoms with Crippen LogP contribution in [-0.2, 0) is 15.0 Å². The quantitative estimate of drug-likeness (QED) is 0.318. The summed E-state index contributed by atoms with van der Waals surface area (Å²) in [6.45, 7) is 0. The third-order valence-corrected chi connectivity index (χ3v) is 7.97. The fourth-order valence-electron chi connectivity index (χ4n) is 6.57. The summed E-state index contributed by atoms with van der Waals surface area (Å²) in [5.74, 6) is -1.16. The van der Waals surface area contributed by atoms with Crippen molar-refractivity contribution < 1.29 is 28.6 Å². The van der Waals surface area contributed by atoms with Crippen LogP contribution in [0.1, 0.15) is 38.5 Å². The average molecular weight is 496 g/mol. The van der Waals surface area contributed by atoms with E-state index in [9.17, 15) is 14.4 Å². The molecule has 7 nitrogen and oxygen atoms in total. The second kappa shape index (κ2) is 8.34.